The standard InChI is InChI=1S/C7H11O2/c1-3-4-5-6(2)7(8)9/h3,5H,4H2,1-2H3,(H,8,9). The van der Waals surface area contributed by atoms with E-state index in [1.54, 1.807) is 13.0 Å². The van der Waals surface area contributed by atoms with Crippen molar-refractivity contribution in [3.63, 3.8) is 0 Å². The van der Waals surface area contributed by atoms with Crippen molar-refractivity contribution in [2.75, 3.05) is 0 Å². The Kier molecular flexibility index (Phi) is 3.76. The van der Waals surface area contributed by atoms with Crippen molar-refractivity contribution in [1.29, 1.82) is 0 Å². The Morgan fingerprint density at radius 2 is 2.22 bits per heavy atom. The van der Waals surface area contributed by atoms with Crippen molar-refractivity contribution in [2.24, 2.45) is 0 Å². The molecule has 51 valence electrons. The van der Waals surface area contributed by atoms with Gasteiger partial charge in [0, 0.05) is 5.57 Å². The summed E-state index contributed by atoms with van der Waals surface area (Å²) < 4.78 is 0. The highest BCUT2D eigenvalue weighted by Gasteiger charge is 1.95. The van der Waals surface area contributed by atoms with E-state index in [1.807, 2.05) is 13.3 Å². The topological polar surface area (TPSA) is 37.3 Å². The lowest BCUT2D eigenvalue weighted by molar-refractivity contribution is -0.132. The van der Waals surface area contributed by atoms with Crippen LogP contribution < -0.4 is 0 Å². The smallest absolute Gasteiger partial charge is 0.330 e. The Morgan fingerprint density at radius 1 is 1.67 bits per heavy atom. The minimum atomic E-state index is -0.836. The third kappa shape index (κ3) is 3.76. The number of allylic oxidation sites excluding steroid dienone is 1. The van der Waals surface area contributed by atoms with Gasteiger partial charge in [-0.05, 0) is 19.8 Å². The minimum Gasteiger partial charge on any atom is -0.478 e. The molecule has 0 amide bonds. The number of hydrogen-bond donors (Lipinski definition) is 1. The second kappa shape index (κ2) is 4.13. The minimum absolute atomic E-state index is 0.410. The van der Waals surface area contributed by atoms with Gasteiger partial charge in [0.1, 0.15) is 0 Å². The predicted octanol–water partition coefficient (Wildman–Crippen LogP) is 1.63. The number of unbranched alkanes of at least 4 members (excludes halogenated alkanes) is 1. The molecule has 2 heteroatoms. The van der Waals surface area contributed by atoms with Crippen LogP contribution >= 0.6 is 0 Å². The molecule has 0 aromatic heterocycles. The molecule has 0 aliphatic rings. The SMILES string of the molecule is C[CH]CC=C(C)C(=O)O. The molecule has 0 unspecified atom stereocenters. The van der Waals surface area contributed by atoms with E-state index >= 15 is 0 Å². The van der Waals surface area contributed by atoms with Gasteiger partial charge in [0.25, 0.3) is 0 Å². The number of aliphatic carboxylic acids is 1. The van der Waals surface area contributed by atoms with Crippen LogP contribution in [0.3, 0.4) is 0 Å². The number of hydrogen-bond acceptors (Lipinski definition) is 1. The Hall–Kier alpha value is -0.790. The average molecular weight is 127 g/mol. The van der Waals surface area contributed by atoms with Crippen LogP contribution in [0.5, 0.6) is 0 Å². The lowest BCUT2D eigenvalue weighted by atomic mass is 10.2. The van der Waals surface area contributed by atoms with E-state index in [9.17, 15) is 4.79 Å². The number of rotatable bonds is 3. The van der Waals surface area contributed by atoms with Gasteiger partial charge in [-0.25, -0.2) is 4.79 Å². The van der Waals surface area contributed by atoms with Gasteiger partial charge in [0.15, 0.2) is 0 Å². The Labute approximate surface area is 55.2 Å². The number of carbonyl (C=O) groups is 1. The molecule has 0 heterocycles. The molecule has 0 aliphatic carbocycles. The molecule has 0 aromatic carbocycles. The highest BCUT2D eigenvalue weighted by Crippen LogP contribution is 1.96. The molecule has 0 saturated carbocycles. The first-order valence-corrected chi connectivity index (χ1v) is 2.86. The maximum Gasteiger partial charge on any atom is 0.330 e. The monoisotopic (exact) mass is 127 g/mol. The molecule has 0 bridgehead atoms. The van der Waals surface area contributed by atoms with Crippen LogP contribution in [0.15, 0.2) is 11.6 Å². The van der Waals surface area contributed by atoms with E-state index in [2.05, 4.69) is 0 Å². The van der Waals surface area contributed by atoms with Gasteiger partial charge in [0.2, 0.25) is 0 Å². The van der Waals surface area contributed by atoms with E-state index in [0.29, 0.717) is 5.57 Å². The Balaban J connectivity index is 3.69. The second-order valence-corrected chi connectivity index (χ2v) is 1.84. The van der Waals surface area contributed by atoms with Crippen LogP contribution in [0.25, 0.3) is 0 Å². The van der Waals surface area contributed by atoms with Gasteiger partial charge in [0.05, 0.1) is 0 Å². The van der Waals surface area contributed by atoms with Crippen molar-refractivity contribution < 1.29 is 9.90 Å². The molecule has 0 saturated heterocycles. The van der Waals surface area contributed by atoms with Gasteiger partial charge in [-0.15, -0.1) is 0 Å². The summed E-state index contributed by atoms with van der Waals surface area (Å²) in [7, 11) is 0. The summed E-state index contributed by atoms with van der Waals surface area (Å²) in [6.45, 7) is 3.48. The van der Waals surface area contributed by atoms with E-state index < -0.39 is 5.97 Å². The molecular weight excluding hydrogens is 116 g/mol. The molecule has 1 radical (unpaired) electrons. The van der Waals surface area contributed by atoms with Gasteiger partial charge in [-0.3, -0.25) is 0 Å². The molecule has 2 nitrogen and oxygen atoms in total. The third-order valence-electron chi connectivity index (χ3n) is 0.997. The largest absolute Gasteiger partial charge is 0.478 e. The molecule has 0 aromatic rings. The molecule has 0 atom stereocenters. The lowest BCUT2D eigenvalue weighted by Gasteiger charge is -1.89. The van der Waals surface area contributed by atoms with Crippen LogP contribution in [0.2, 0.25) is 0 Å². The fourth-order valence-corrected chi connectivity index (χ4v) is 0.382. The Morgan fingerprint density at radius 3 is 2.56 bits per heavy atom. The highest BCUT2D eigenvalue weighted by atomic mass is 16.4. The first-order chi connectivity index (χ1) is 4.18. The van der Waals surface area contributed by atoms with E-state index in [1.165, 1.54) is 0 Å². The predicted molar refractivity (Wildman–Crippen MR) is 36.0 cm³/mol. The zero-order valence-electron chi connectivity index (χ0n) is 5.72. The summed E-state index contributed by atoms with van der Waals surface area (Å²) in [4.78, 5) is 10.1. The number of carboxylic acid groups (broad SMARTS) is 1. The third-order valence-corrected chi connectivity index (χ3v) is 0.997. The summed E-state index contributed by atoms with van der Waals surface area (Å²) in [6.07, 6.45) is 4.33. The molecule has 0 spiro atoms. The fourth-order valence-electron chi connectivity index (χ4n) is 0.382. The molecule has 0 rings (SSSR count). The quantitative estimate of drug-likeness (QED) is 0.585. The van der Waals surface area contributed by atoms with Gasteiger partial charge < -0.3 is 5.11 Å². The van der Waals surface area contributed by atoms with Crippen molar-refractivity contribution in [3.05, 3.63) is 18.1 Å². The van der Waals surface area contributed by atoms with Crippen LogP contribution in [-0.4, -0.2) is 11.1 Å². The lowest BCUT2D eigenvalue weighted by Crippen LogP contribution is -1.95. The molecule has 0 fully saturated rings. The van der Waals surface area contributed by atoms with Crippen molar-refractivity contribution in [3.8, 4) is 0 Å². The molecule has 1 N–H and O–H groups in total. The average Bonchev–Trinajstić information content (AvgIpc) is 1.82. The molecule has 9 heavy (non-hydrogen) atoms. The van der Waals surface area contributed by atoms with Crippen molar-refractivity contribution >= 4 is 5.97 Å². The van der Waals surface area contributed by atoms with E-state index in [0.717, 1.165) is 6.42 Å². The van der Waals surface area contributed by atoms with Crippen LogP contribution in [0.4, 0.5) is 0 Å². The van der Waals surface area contributed by atoms with Gasteiger partial charge in [-0.1, -0.05) is 13.0 Å². The van der Waals surface area contributed by atoms with E-state index in [-0.39, 0.29) is 0 Å². The first-order valence-electron chi connectivity index (χ1n) is 2.86. The summed E-state index contributed by atoms with van der Waals surface area (Å²) in [5.74, 6) is -0.836. The maximum atomic E-state index is 10.1. The highest BCUT2D eigenvalue weighted by molar-refractivity contribution is 5.85. The summed E-state index contributed by atoms with van der Waals surface area (Å²) in [6, 6.07) is 0. The van der Waals surface area contributed by atoms with Crippen molar-refractivity contribution in [1.82, 2.24) is 0 Å². The van der Waals surface area contributed by atoms with Crippen molar-refractivity contribution in [2.45, 2.75) is 20.3 Å². The van der Waals surface area contributed by atoms with Gasteiger partial charge in [-0.2, -0.15) is 0 Å². The van der Waals surface area contributed by atoms with Crippen LogP contribution in [-0.2, 0) is 4.79 Å². The number of carboxylic acids is 1. The summed E-state index contributed by atoms with van der Waals surface area (Å²) in [5, 5.41) is 8.33. The zero-order valence-corrected chi connectivity index (χ0v) is 5.72. The normalized spacial score (nSPS) is 11.6. The Bertz CT molecular complexity index is 125. The molecular formula is C7H11O2. The van der Waals surface area contributed by atoms with Crippen LogP contribution in [0.1, 0.15) is 20.3 Å². The van der Waals surface area contributed by atoms with Crippen LogP contribution in [0, 0.1) is 6.42 Å². The first kappa shape index (κ1) is 8.21. The maximum absolute atomic E-state index is 10.1. The molecule has 0 aliphatic heterocycles. The zero-order chi connectivity index (χ0) is 7.28. The summed E-state index contributed by atoms with van der Waals surface area (Å²) >= 11 is 0. The second-order valence-electron chi connectivity index (χ2n) is 1.84. The van der Waals surface area contributed by atoms with Gasteiger partial charge >= 0.3 is 5.97 Å². The van der Waals surface area contributed by atoms with E-state index in [4.69, 9.17) is 5.11 Å². The fraction of sp³-hybridized carbons (Fsp3) is 0.429. The summed E-state index contributed by atoms with van der Waals surface area (Å²) in [5.41, 5.74) is 0.410.